The number of benzene rings is 1. The molecular formula is C14H17BrFNO2. The number of halogens is 2. The largest absolute Gasteiger partial charge is 0.481 e. The average molecular weight is 330 g/mol. The van der Waals surface area contributed by atoms with Crippen LogP contribution in [-0.2, 0) is 4.79 Å². The van der Waals surface area contributed by atoms with Crippen molar-refractivity contribution in [3.05, 3.63) is 34.1 Å². The maximum Gasteiger partial charge on any atom is 0.304 e. The van der Waals surface area contributed by atoms with Gasteiger partial charge < -0.3 is 5.11 Å². The Morgan fingerprint density at radius 2 is 2.26 bits per heavy atom. The van der Waals surface area contributed by atoms with Crippen molar-refractivity contribution in [3.63, 3.8) is 0 Å². The summed E-state index contributed by atoms with van der Waals surface area (Å²) in [5.74, 6) is -1.06. The first kappa shape index (κ1) is 14.5. The van der Waals surface area contributed by atoms with E-state index in [1.165, 1.54) is 6.07 Å². The number of rotatable bonds is 6. The van der Waals surface area contributed by atoms with Gasteiger partial charge in [0.05, 0.1) is 10.9 Å². The van der Waals surface area contributed by atoms with Crippen LogP contribution >= 0.6 is 15.9 Å². The van der Waals surface area contributed by atoms with Crippen LogP contribution in [0.1, 0.15) is 37.8 Å². The van der Waals surface area contributed by atoms with E-state index in [9.17, 15) is 9.18 Å². The zero-order chi connectivity index (χ0) is 14.0. The monoisotopic (exact) mass is 329 g/mol. The van der Waals surface area contributed by atoms with Gasteiger partial charge in [0, 0.05) is 18.6 Å². The fourth-order valence-electron chi connectivity index (χ4n) is 2.29. The second kappa shape index (κ2) is 6.01. The van der Waals surface area contributed by atoms with E-state index in [4.69, 9.17) is 5.11 Å². The van der Waals surface area contributed by atoms with E-state index in [1.54, 1.807) is 12.1 Å². The third kappa shape index (κ3) is 3.76. The number of carboxylic acid groups (broad SMARTS) is 1. The van der Waals surface area contributed by atoms with Gasteiger partial charge in [-0.3, -0.25) is 9.69 Å². The maximum absolute atomic E-state index is 13.2. The van der Waals surface area contributed by atoms with Gasteiger partial charge in [-0.15, -0.1) is 0 Å². The maximum atomic E-state index is 13.2. The van der Waals surface area contributed by atoms with E-state index in [1.807, 2.05) is 6.92 Å². The number of nitrogens with zero attached hydrogens (tertiary/aromatic N) is 1. The van der Waals surface area contributed by atoms with E-state index < -0.39 is 5.97 Å². The zero-order valence-corrected chi connectivity index (χ0v) is 12.4. The molecule has 104 valence electrons. The molecule has 1 saturated carbocycles. The fraction of sp³-hybridized carbons (Fsp3) is 0.500. The molecule has 19 heavy (non-hydrogen) atoms. The van der Waals surface area contributed by atoms with Gasteiger partial charge in [0.25, 0.3) is 0 Å². The van der Waals surface area contributed by atoms with Crippen molar-refractivity contribution in [2.45, 2.75) is 38.3 Å². The molecule has 0 aliphatic heterocycles. The molecule has 1 aliphatic rings. The number of carboxylic acids is 1. The number of hydrogen-bond donors (Lipinski definition) is 1. The molecule has 0 heterocycles. The molecule has 1 atom stereocenters. The first-order chi connectivity index (χ1) is 8.99. The lowest BCUT2D eigenvalue weighted by Crippen LogP contribution is -2.31. The predicted octanol–water partition coefficient (Wildman–Crippen LogP) is 3.59. The van der Waals surface area contributed by atoms with Gasteiger partial charge in [-0.2, -0.15) is 0 Å². The van der Waals surface area contributed by atoms with Gasteiger partial charge in [-0.25, -0.2) is 4.39 Å². The van der Waals surface area contributed by atoms with Crippen molar-refractivity contribution in [2.24, 2.45) is 0 Å². The highest BCUT2D eigenvalue weighted by molar-refractivity contribution is 9.10. The zero-order valence-electron chi connectivity index (χ0n) is 10.8. The minimum absolute atomic E-state index is 0.101. The van der Waals surface area contributed by atoms with Crippen molar-refractivity contribution >= 4 is 21.9 Å². The van der Waals surface area contributed by atoms with Gasteiger partial charge in [0.1, 0.15) is 5.82 Å². The Morgan fingerprint density at radius 1 is 1.58 bits per heavy atom. The average Bonchev–Trinajstić information content (AvgIpc) is 3.16. The second-order valence-corrected chi connectivity index (χ2v) is 5.82. The normalized spacial score (nSPS) is 16.6. The molecule has 2 rings (SSSR count). The van der Waals surface area contributed by atoms with Crippen LogP contribution in [0.5, 0.6) is 0 Å². The number of hydrogen-bond acceptors (Lipinski definition) is 2. The third-order valence-electron chi connectivity index (χ3n) is 3.52. The van der Waals surface area contributed by atoms with E-state index >= 15 is 0 Å². The van der Waals surface area contributed by atoms with Gasteiger partial charge in [0.2, 0.25) is 0 Å². The van der Waals surface area contributed by atoms with Crippen LogP contribution in [0, 0.1) is 5.82 Å². The van der Waals surface area contributed by atoms with Crippen LogP contribution in [0.2, 0.25) is 0 Å². The molecule has 5 heteroatoms. The smallest absolute Gasteiger partial charge is 0.304 e. The molecule has 1 aliphatic carbocycles. The summed E-state index contributed by atoms with van der Waals surface area (Å²) in [5.41, 5.74) is 1.01. The van der Waals surface area contributed by atoms with Gasteiger partial charge in [0.15, 0.2) is 0 Å². The summed E-state index contributed by atoms with van der Waals surface area (Å²) in [5, 5.41) is 8.81. The Balaban J connectivity index is 2.11. The highest BCUT2D eigenvalue weighted by Gasteiger charge is 2.32. The van der Waals surface area contributed by atoms with Crippen molar-refractivity contribution in [1.82, 2.24) is 4.90 Å². The SMILES string of the molecule is CC(c1ccc(F)c(Br)c1)N(CCC(=O)O)C1CC1. The van der Waals surface area contributed by atoms with Crippen molar-refractivity contribution in [3.8, 4) is 0 Å². The highest BCUT2D eigenvalue weighted by atomic mass is 79.9. The van der Waals surface area contributed by atoms with E-state index in [2.05, 4.69) is 20.8 Å². The summed E-state index contributed by atoms with van der Waals surface area (Å²) in [4.78, 5) is 12.9. The Bertz CT molecular complexity index is 477. The molecule has 0 bridgehead atoms. The molecular weight excluding hydrogens is 313 g/mol. The van der Waals surface area contributed by atoms with Crippen LogP contribution in [0.4, 0.5) is 4.39 Å². The van der Waals surface area contributed by atoms with Crippen molar-refractivity contribution < 1.29 is 14.3 Å². The number of carbonyl (C=O) groups is 1. The van der Waals surface area contributed by atoms with Crippen LogP contribution < -0.4 is 0 Å². The van der Waals surface area contributed by atoms with Gasteiger partial charge >= 0.3 is 5.97 Å². The topological polar surface area (TPSA) is 40.5 Å². The molecule has 0 saturated heterocycles. The molecule has 0 spiro atoms. The molecule has 1 aromatic rings. The van der Waals surface area contributed by atoms with Crippen LogP contribution in [-0.4, -0.2) is 28.6 Å². The minimum Gasteiger partial charge on any atom is -0.481 e. The Kier molecular flexibility index (Phi) is 4.58. The summed E-state index contributed by atoms with van der Waals surface area (Å²) >= 11 is 3.19. The van der Waals surface area contributed by atoms with Gasteiger partial charge in [-0.1, -0.05) is 6.07 Å². The standard InChI is InChI=1S/C14H17BrFNO2/c1-9(10-2-5-13(16)12(15)8-10)17(11-3-4-11)7-6-14(18)19/h2,5,8-9,11H,3-4,6-7H2,1H3,(H,18,19). The predicted molar refractivity (Wildman–Crippen MR) is 74.5 cm³/mol. The van der Waals surface area contributed by atoms with Crippen LogP contribution in [0.15, 0.2) is 22.7 Å². The number of aliphatic carboxylic acids is 1. The Morgan fingerprint density at radius 3 is 2.79 bits per heavy atom. The lowest BCUT2D eigenvalue weighted by molar-refractivity contribution is -0.137. The molecule has 0 radical (unpaired) electrons. The van der Waals surface area contributed by atoms with E-state index in [0.717, 1.165) is 18.4 Å². The molecule has 1 aromatic carbocycles. The lowest BCUT2D eigenvalue weighted by atomic mass is 10.1. The molecule has 3 nitrogen and oxygen atoms in total. The molecule has 0 amide bonds. The van der Waals surface area contributed by atoms with E-state index in [0.29, 0.717) is 17.1 Å². The summed E-state index contributed by atoms with van der Waals surface area (Å²) in [6.45, 7) is 2.58. The Labute approximate surface area is 120 Å². The molecule has 1 unspecified atom stereocenters. The summed E-state index contributed by atoms with van der Waals surface area (Å²) < 4.78 is 13.7. The van der Waals surface area contributed by atoms with Crippen LogP contribution in [0.3, 0.4) is 0 Å². The first-order valence-electron chi connectivity index (χ1n) is 6.41. The summed E-state index contributed by atoms with van der Waals surface area (Å²) in [7, 11) is 0. The van der Waals surface area contributed by atoms with Crippen molar-refractivity contribution in [1.29, 1.82) is 0 Å². The van der Waals surface area contributed by atoms with Crippen molar-refractivity contribution in [2.75, 3.05) is 6.54 Å². The second-order valence-electron chi connectivity index (χ2n) is 4.96. The minimum atomic E-state index is -0.780. The highest BCUT2D eigenvalue weighted by Crippen LogP contribution is 2.35. The molecule has 1 N–H and O–H groups in total. The quantitative estimate of drug-likeness (QED) is 0.867. The summed E-state index contributed by atoms with van der Waals surface area (Å²) in [6, 6.07) is 5.55. The summed E-state index contributed by atoms with van der Waals surface area (Å²) in [6.07, 6.45) is 2.38. The Hall–Kier alpha value is -0.940. The molecule has 0 aromatic heterocycles. The van der Waals surface area contributed by atoms with Gasteiger partial charge in [-0.05, 0) is 53.4 Å². The fourth-order valence-corrected chi connectivity index (χ4v) is 2.68. The third-order valence-corrected chi connectivity index (χ3v) is 4.13. The lowest BCUT2D eigenvalue weighted by Gasteiger charge is -2.29. The van der Waals surface area contributed by atoms with E-state index in [-0.39, 0.29) is 18.3 Å². The van der Waals surface area contributed by atoms with Crippen LogP contribution in [0.25, 0.3) is 0 Å². The molecule has 1 fully saturated rings. The first-order valence-corrected chi connectivity index (χ1v) is 7.21.